The summed E-state index contributed by atoms with van der Waals surface area (Å²) in [5.41, 5.74) is 8.19. The van der Waals surface area contributed by atoms with Crippen LogP contribution in [0.2, 0.25) is 0 Å². The van der Waals surface area contributed by atoms with E-state index in [1.165, 1.54) is 44.1 Å². The van der Waals surface area contributed by atoms with Crippen LogP contribution in [0.25, 0.3) is 0 Å². The van der Waals surface area contributed by atoms with Gasteiger partial charge in [0.1, 0.15) is 0 Å². The lowest BCUT2D eigenvalue weighted by molar-refractivity contribution is -0.121. The van der Waals surface area contributed by atoms with Crippen molar-refractivity contribution in [2.45, 2.75) is 69.4 Å². The van der Waals surface area contributed by atoms with Crippen LogP contribution in [0.3, 0.4) is 0 Å². The molecule has 0 aromatic heterocycles. The maximum absolute atomic E-state index is 6.66. The summed E-state index contributed by atoms with van der Waals surface area (Å²) in [4.78, 5) is 0. The highest BCUT2D eigenvalue weighted by Crippen LogP contribution is 2.42. The van der Waals surface area contributed by atoms with E-state index in [0.29, 0.717) is 11.8 Å². The van der Waals surface area contributed by atoms with Crippen molar-refractivity contribution in [1.29, 1.82) is 0 Å². The Morgan fingerprint density at radius 3 is 2.57 bits per heavy atom. The third-order valence-electron chi connectivity index (χ3n) is 5.74. The molecule has 1 heterocycles. The second-order valence-electron chi connectivity index (χ2n) is 7.12. The number of rotatable bonds is 3. The molecule has 3 atom stereocenters. The summed E-state index contributed by atoms with van der Waals surface area (Å²) in [5.74, 6) is 1.03. The first-order chi connectivity index (χ1) is 10.2. The highest BCUT2D eigenvalue weighted by molar-refractivity contribution is 5.20. The summed E-state index contributed by atoms with van der Waals surface area (Å²) in [6.45, 7) is 3.18. The average molecular weight is 287 g/mol. The van der Waals surface area contributed by atoms with Gasteiger partial charge in [0, 0.05) is 12.6 Å². The first-order valence-corrected chi connectivity index (χ1v) is 8.65. The quantitative estimate of drug-likeness (QED) is 0.902. The van der Waals surface area contributed by atoms with Gasteiger partial charge in [-0.15, -0.1) is 0 Å². The zero-order valence-corrected chi connectivity index (χ0v) is 13.3. The Labute approximate surface area is 129 Å². The van der Waals surface area contributed by atoms with Gasteiger partial charge in [0.15, 0.2) is 0 Å². The molecule has 2 aliphatic rings. The summed E-state index contributed by atoms with van der Waals surface area (Å²) >= 11 is 0. The largest absolute Gasteiger partial charge is 0.375 e. The smallest absolute Gasteiger partial charge is 0.0685 e. The van der Waals surface area contributed by atoms with Crippen molar-refractivity contribution in [3.8, 4) is 0 Å². The van der Waals surface area contributed by atoms with Gasteiger partial charge in [-0.25, -0.2) is 0 Å². The van der Waals surface area contributed by atoms with Crippen LogP contribution in [-0.2, 0) is 4.74 Å². The van der Waals surface area contributed by atoms with Crippen LogP contribution in [0.5, 0.6) is 0 Å². The highest BCUT2D eigenvalue weighted by atomic mass is 16.5. The molecule has 3 unspecified atom stereocenters. The van der Waals surface area contributed by atoms with E-state index >= 15 is 0 Å². The molecule has 0 radical (unpaired) electrons. The van der Waals surface area contributed by atoms with Crippen molar-refractivity contribution in [1.82, 2.24) is 0 Å². The highest BCUT2D eigenvalue weighted by Gasteiger charge is 2.41. The molecule has 116 valence electrons. The minimum absolute atomic E-state index is 0.162. The molecular weight excluding hydrogens is 258 g/mol. The summed E-state index contributed by atoms with van der Waals surface area (Å²) in [7, 11) is 0. The van der Waals surface area contributed by atoms with E-state index in [0.717, 1.165) is 13.0 Å². The molecule has 1 saturated carbocycles. The third-order valence-corrected chi connectivity index (χ3v) is 5.74. The molecule has 3 rings (SSSR count). The van der Waals surface area contributed by atoms with E-state index in [1.54, 1.807) is 0 Å². The number of ether oxygens (including phenoxy) is 1. The summed E-state index contributed by atoms with van der Waals surface area (Å²) in [6.07, 6.45) is 8.83. The van der Waals surface area contributed by atoms with Gasteiger partial charge in [0.05, 0.1) is 5.60 Å². The Morgan fingerprint density at radius 2 is 1.86 bits per heavy atom. The normalized spacial score (nSPS) is 28.2. The number of hydrogen-bond donors (Lipinski definition) is 1. The van der Waals surface area contributed by atoms with Crippen molar-refractivity contribution in [3.63, 3.8) is 0 Å². The van der Waals surface area contributed by atoms with Gasteiger partial charge < -0.3 is 10.5 Å². The van der Waals surface area contributed by atoms with Crippen LogP contribution < -0.4 is 5.73 Å². The van der Waals surface area contributed by atoms with Gasteiger partial charge in [0.25, 0.3) is 0 Å². The summed E-state index contributed by atoms with van der Waals surface area (Å²) in [6, 6.07) is 11.0. The molecule has 2 fully saturated rings. The first kappa shape index (κ1) is 15.1. The van der Waals surface area contributed by atoms with Crippen molar-refractivity contribution in [2.24, 2.45) is 11.7 Å². The maximum atomic E-state index is 6.66. The second kappa shape index (κ2) is 6.50. The van der Waals surface area contributed by atoms with Gasteiger partial charge >= 0.3 is 0 Å². The van der Waals surface area contributed by atoms with Gasteiger partial charge in [-0.1, -0.05) is 56.5 Å². The van der Waals surface area contributed by atoms with Crippen LogP contribution in [0.15, 0.2) is 30.3 Å². The Hall–Kier alpha value is -0.860. The molecule has 1 aliphatic heterocycles. The molecule has 0 bridgehead atoms. The molecule has 1 saturated heterocycles. The second-order valence-corrected chi connectivity index (χ2v) is 7.12. The van der Waals surface area contributed by atoms with Gasteiger partial charge in [0.2, 0.25) is 0 Å². The summed E-state index contributed by atoms with van der Waals surface area (Å²) in [5, 5.41) is 0. The van der Waals surface area contributed by atoms with Crippen molar-refractivity contribution < 1.29 is 4.74 Å². The topological polar surface area (TPSA) is 35.2 Å². The lowest BCUT2D eigenvalue weighted by Gasteiger charge is -2.45. The fourth-order valence-corrected chi connectivity index (χ4v) is 4.33. The molecule has 1 aromatic carbocycles. The standard InChI is InChI=1S/C19H29NO/c1-15(16-8-4-2-5-9-16)18(20)17-10-13-21-19(14-17)11-6-3-7-12-19/h2,4-5,8-9,15,17-18H,3,6-7,10-14,20H2,1H3. The van der Waals surface area contributed by atoms with E-state index in [2.05, 4.69) is 37.3 Å². The van der Waals surface area contributed by atoms with Gasteiger partial charge in [-0.2, -0.15) is 0 Å². The van der Waals surface area contributed by atoms with E-state index in [9.17, 15) is 0 Å². The Morgan fingerprint density at radius 1 is 1.14 bits per heavy atom. The predicted octanol–water partition coefficient (Wildman–Crippen LogP) is 4.25. The third kappa shape index (κ3) is 3.32. The lowest BCUT2D eigenvalue weighted by Crippen LogP contribution is -2.47. The van der Waals surface area contributed by atoms with E-state index in [1.807, 2.05) is 0 Å². The molecule has 21 heavy (non-hydrogen) atoms. The van der Waals surface area contributed by atoms with Crippen molar-refractivity contribution >= 4 is 0 Å². The van der Waals surface area contributed by atoms with Crippen LogP contribution >= 0.6 is 0 Å². The Kier molecular flexibility index (Phi) is 4.66. The number of nitrogens with two attached hydrogens (primary N) is 1. The minimum Gasteiger partial charge on any atom is -0.375 e. The maximum Gasteiger partial charge on any atom is 0.0685 e. The zero-order chi connectivity index (χ0) is 14.7. The Balaban J connectivity index is 1.68. The molecular formula is C19H29NO. The van der Waals surface area contributed by atoms with E-state index < -0.39 is 0 Å². The molecule has 2 heteroatoms. The van der Waals surface area contributed by atoms with E-state index in [4.69, 9.17) is 10.5 Å². The lowest BCUT2D eigenvalue weighted by atomic mass is 9.71. The van der Waals surface area contributed by atoms with Crippen molar-refractivity contribution in [3.05, 3.63) is 35.9 Å². The molecule has 2 nitrogen and oxygen atoms in total. The molecule has 1 aliphatic carbocycles. The first-order valence-electron chi connectivity index (χ1n) is 8.65. The zero-order valence-electron chi connectivity index (χ0n) is 13.3. The van der Waals surface area contributed by atoms with Crippen molar-refractivity contribution in [2.75, 3.05) is 6.61 Å². The summed E-state index contributed by atoms with van der Waals surface area (Å²) < 4.78 is 6.22. The Bertz CT molecular complexity index is 433. The SMILES string of the molecule is CC(c1ccccc1)C(N)C1CCOC2(CCCCC2)C1. The number of hydrogen-bond acceptors (Lipinski definition) is 2. The molecule has 1 spiro atoms. The van der Waals surface area contributed by atoms with E-state index in [-0.39, 0.29) is 11.6 Å². The van der Waals surface area contributed by atoms with Gasteiger partial charge in [-0.05, 0) is 43.1 Å². The molecule has 1 aromatic rings. The molecule has 2 N–H and O–H groups in total. The minimum atomic E-state index is 0.162. The van der Waals surface area contributed by atoms with Gasteiger partial charge in [-0.3, -0.25) is 0 Å². The van der Waals surface area contributed by atoms with Crippen LogP contribution in [0, 0.1) is 5.92 Å². The van der Waals surface area contributed by atoms with Crippen LogP contribution in [0.1, 0.15) is 63.4 Å². The number of benzene rings is 1. The van der Waals surface area contributed by atoms with Crippen LogP contribution in [0.4, 0.5) is 0 Å². The average Bonchev–Trinajstić information content (AvgIpc) is 2.55. The predicted molar refractivity (Wildman–Crippen MR) is 87.3 cm³/mol. The fraction of sp³-hybridized carbons (Fsp3) is 0.684. The monoisotopic (exact) mass is 287 g/mol. The molecule has 0 amide bonds. The fourth-order valence-electron chi connectivity index (χ4n) is 4.33. The van der Waals surface area contributed by atoms with Crippen LogP contribution in [-0.4, -0.2) is 18.2 Å².